The number of hydrogen-bond acceptors (Lipinski definition) is 1. The highest BCUT2D eigenvalue weighted by Crippen LogP contribution is 2.27. The molecule has 0 unspecified atom stereocenters. The molecule has 0 N–H and O–H groups in total. The lowest BCUT2D eigenvalue weighted by atomic mass is 10.1. The third-order valence-electron chi connectivity index (χ3n) is 3.60. The molecule has 100 valence electrons. The molecular weight excluding hydrogens is 317 g/mol. The molecule has 0 bridgehead atoms. The summed E-state index contributed by atoms with van der Waals surface area (Å²) in [4.78, 5) is 2.43. The van der Waals surface area contributed by atoms with Gasteiger partial charge in [-0.25, -0.2) is 4.39 Å². The summed E-state index contributed by atoms with van der Waals surface area (Å²) in [6, 6.07) is 5.55. The lowest BCUT2D eigenvalue weighted by molar-refractivity contribution is 0.201. The normalized spacial score (nSPS) is 16.7. The van der Waals surface area contributed by atoms with E-state index in [1.807, 2.05) is 6.07 Å². The minimum atomic E-state index is -0.199. The Morgan fingerprint density at radius 1 is 1.33 bits per heavy atom. The first-order valence-electron chi connectivity index (χ1n) is 6.44. The fourth-order valence-electron chi connectivity index (χ4n) is 2.64. The third-order valence-corrected chi connectivity index (χ3v) is 4.51. The first-order valence-corrected chi connectivity index (χ1v) is 7.77. The Morgan fingerprint density at radius 2 is 2.06 bits per heavy atom. The van der Waals surface area contributed by atoms with Gasteiger partial charge < -0.3 is 0 Å². The predicted octanol–water partition coefficient (Wildman–Crippen LogP) is 4.57. The van der Waals surface area contributed by atoms with Crippen molar-refractivity contribution < 1.29 is 4.39 Å². The lowest BCUT2D eigenvalue weighted by Gasteiger charge is -2.28. The Balaban J connectivity index is 2.07. The summed E-state index contributed by atoms with van der Waals surface area (Å²) in [7, 11) is 0. The zero-order valence-corrected chi connectivity index (χ0v) is 12.7. The van der Waals surface area contributed by atoms with E-state index in [-0.39, 0.29) is 5.82 Å². The topological polar surface area (TPSA) is 3.24 Å². The van der Waals surface area contributed by atoms with E-state index in [0.29, 0.717) is 11.9 Å². The molecule has 0 amide bonds. The molecule has 0 saturated heterocycles. The maximum absolute atomic E-state index is 13.1. The van der Waals surface area contributed by atoms with Crippen molar-refractivity contribution in [3.8, 4) is 0 Å². The summed E-state index contributed by atoms with van der Waals surface area (Å²) < 4.78 is 13.9. The van der Waals surface area contributed by atoms with Crippen molar-refractivity contribution in [2.45, 2.75) is 38.3 Å². The molecule has 0 radical (unpaired) electrons. The van der Waals surface area contributed by atoms with Crippen molar-refractivity contribution in [3.05, 3.63) is 34.1 Å². The molecule has 1 aromatic carbocycles. The Bertz CT molecular complexity index is 393. The molecule has 1 fully saturated rings. The van der Waals surface area contributed by atoms with Gasteiger partial charge in [0.05, 0.1) is 0 Å². The zero-order valence-electron chi connectivity index (χ0n) is 10.3. The van der Waals surface area contributed by atoms with E-state index >= 15 is 0 Å². The van der Waals surface area contributed by atoms with Crippen LogP contribution in [0, 0.1) is 5.82 Å². The zero-order chi connectivity index (χ0) is 13.0. The van der Waals surface area contributed by atoms with Crippen molar-refractivity contribution in [3.63, 3.8) is 0 Å². The number of benzene rings is 1. The summed E-state index contributed by atoms with van der Waals surface area (Å²) in [6.45, 7) is 1.74. The molecule has 1 nitrogen and oxygen atoms in total. The highest BCUT2D eigenvalue weighted by atomic mass is 79.9. The fourth-order valence-corrected chi connectivity index (χ4v) is 3.33. The van der Waals surface area contributed by atoms with Gasteiger partial charge in [0.25, 0.3) is 0 Å². The molecule has 0 atom stereocenters. The van der Waals surface area contributed by atoms with Crippen LogP contribution in [-0.2, 0) is 6.54 Å². The van der Waals surface area contributed by atoms with Crippen LogP contribution in [0.4, 0.5) is 4.39 Å². The molecule has 1 saturated carbocycles. The average molecular weight is 335 g/mol. The summed E-state index contributed by atoms with van der Waals surface area (Å²) in [5.74, 6) is 0.449. The second-order valence-electron chi connectivity index (χ2n) is 4.83. The van der Waals surface area contributed by atoms with Crippen LogP contribution in [0.15, 0.2) is 22.7 Å². The number of hydrogen-bond donors (Lipinski definition) is 0. The van der Waals surface area contributed by atoms with Crippen LogP contribution < -0.4 is 0 Å². The Labute approximate surface area is 121 Å². The predicted molar refractivity (Wildman–Crippen MR) is 77.5 cm³/mol. The minimum absolute atomic E-state index is 0.199. The SMILES string of the molecule is Fc1ccc(CN(CCCl)C2CCCC2)c(Br)c1. The van der Waals surface area contributed by atoms with Gasteiger partial charge in [-0.1, -0.05) is 34.8 Å². The van der Waals surface area contributed by atoms with Crippen LogP contribution in [0.25, 0.3) is 0 Å². The van der Waals surface area contributed by atoms with Crippen molar-refractivity contribution in [2.75, 3.05) is 12.4 Å². The monoisotopic (exact) mass is 333 g/mol. The third kappa shape index (κ3) is 3.69. The maximum atomic E-state index is 13.1. The van der Waals surface area contributed by atoms with Crippen LogP contribution in [-0.4, -0.2) is 23.4 Å². The Hall–Kier alpha value is -0.120. The average Bonchev–Trinajstić information content (AvgIpc) is 2.85. The van der Waals surface area contributed by atoms with Gasteiger partial charge in [0.15, 0.2) is 0 Å². The first-order chi connectivity index (χ1) is 8.70. The van der Waals surface area contributed by atoms with Crippen molar-refractivity contribution in [1.82, 2.24) is 4.90 Å². The highest BCUT2D eigenvalue weighted by molar-refractivity contribution is 9.10. The van der Waals surface area contributed by atoms with Gasteiger partial charge in [-0.15, -0.1) is 11.6 Å². The highest BCUT2D eigenvalue weighted by Gasteiger charge is 2.22. The van der Waals surface area contributed by atoms with Crippen LogP contribution in [0.1, 0.15) is 31.2 Å². The quantitative estimate of drug-likeness (QED) is 0.713. The summed E-state index contributed by atoms with van der Waals surface area (Å²) >= 11 is 9.33. The standard InChI is InChI=1S/C14H18BrClFN/c15-14-9-12(17)6-5-11(14)10-18(8-7-16)13-3-1-2-4-13/h5-6,9,13H,1-4,7-8,10H2. The van der Waals surface area contributed by atoms with Gasteiger partial charge in [0.2, 0.25) is 0 Å². The van der Waals surface area contributed by atoms with E-state index in [1.54, 1.807) is 0 Å². The molecule has 0 aromatic heterocycles. The second-order valence-corrected chi connectivity index (χ2v) is 6.07. The van der Waals surface area contributed by atoms with Crippen LogP contribution in [0.3, 0.4) is 0 Å². The van der Waals surface area contributed by atoms with Gasteiger partial charge in [-0.3, -0.25) is 4.90 Å². The minimum Gasteiger partial charge on any atom is -0.295 e. The molecule has 2 rings (SSSR count). The first kappa shape index (κ1) is 14.3. The smallest absolute Gasteiger partial charge is 0.124 e. The van der Waals surface area contributed by atoms with E-state index in [2.05, 4.69) is 20.8 Å². The molecule has 0 spiro atoms. The number of alkyl halides is 1. The molecule has 0 heterocycles. The summed E-state index contributed by atoms with van der Waals surface area (Å²) in [5, 5.41) is 0. The fraction of sp³-hybridized carbons (Fsp3) is 0.571. The van der Waals surface area contributed by atoms with Crippen molar-refractivity contribution in [2.24, 2.45) is 0 Å². The van der Waals surface area contributed by atoms with Gasteiger partial charge >= 0.3 is 0 Å². The van der Waals surface area contributed by atoms with Gasteiger partial charge in [-0.2, -0.15) is 0 Å². The van der Waals surface area contributed by atoms with E-state index in [9.17, 15) is 4.39 Å². The molecule has 1 aliphatic carbocycles. The van der Waals surface area contributed by atoms with E-state index < -0.39 is 0 Å². The van der Waals surface area contributed by atoms with Crippen LogP contribution >= 0.6 is 27.5 Å². The molecule has 1 aromatic rings. The molecule has 0 aliphatic heterocycles. The summed E-state index contributed by atoms with van der Waals surface area (Å²) in [6.07, 6.45) is 5.15. The number of halogens is 3. The Kier molecular flexibility index (Phi) is 5.46. The maximum Gasteiger partial charge on any atom is 0.124 e. The molecular formula is C14H18BrClFN. The van der Waals surface area contributed by atoms with Gasteiger partial charge in [0, 0.05) is 29.5 Å². The lowest BCUT2D eigenvalue weighted by Crippen LogP contribution is -2.34. The summed E-state index contributed by atoms with van der Waals surface area (Å²) in [5.41, 5.74) is 1.13. The van der Waals surface area contributed by atoms with Gasteiger partial charge in [0.1, 0.15) is 5.82 Å². The second kappa shape index (κ2) is 6.88. The van der Waals surface area contributed by atoms with Gasteiger partial charge in [-0.05, 0) is 30.5 Å². The van der Waals surface area contributed by atoms with Crippen LogP contribution in [0.2, 0.25) is 0 Å². The van der Waals surface area contributed by atoms with E-state index in [4.69, 9.17) is 11.6 Å². The van der Waals surface area contributed by atoms with E-state index in [0.717, 1.165) is 23.1 Å². The largest absolute Gasteiger partial charge is 0.295 e. The van der Waals surface area contributed by atoms with Crippen molar-refractivity contribution >= 4 is 27.5 Å². The molecule has 1 aliphatic rings. The molecule has 18 heavy (non-hydrogen) atoms. The van der Waals surface area contributed by atoms with Crippen molar-refractivity contribution in [1.29, 1.82) is 0 Å². The van der Waals surface area contributed by atoms with E-state index in [1.165, 1.54) is 37.8 Å². The molecule has 4 heteroatoms. The number of rotatable bonds is 5. The Morgan fingerprint density at radius 3 is 2.67 bits per heavy atom. The number of nitrogens with zero attached hydrogens (tertiary/aromatic N) is 1. The van der Waals surface area contributed by atoms with Crippen LogP contribution in [0.5, 0.6) is 0 Å².